The number of aryl methyl sites for hydroxylation is 4. The highest BCUT2D eigenvalue weighted by atomic mass is 16.3. The molecule has 0 saturated heterocycles. The average Bonchev–Trinajstić information content (AvgIpc) is 4.23. The second-order valence-corrected chi connectivity index (χ2v) is 19.2. The number of nitrogens with one attached hydrogen (secondary N) is 4. The lowest BCUT2D eigenvalue weighted by atomic mass is 9.91. The van der Waals surface area contributed by atoms with Crippen LogP contribution in [0, 0.1) is 0 Å². The first-order chi connectivity index (χ1) is 34.6. The summed E-state index contributed by atoms with van der Waals surface area (Å²) in [6.45, 7) is 5.11. The van der Waals surface area contributed by atoms with Crippen molar-refractivity contribution in [2.75, 3.05) is 34.4 Å². The summed E-state index contributed by atoms with van der Waals surface area (Å²) in [5.41, 5.74) is 5.19. The van der Waals surface area contributed by atoms with Crippen LogP contribution in [-0.4, -0.2) is 152 Å². The Balaban J connectivity index is 0.816. The number of aromatic nitrogens is 19. The third-order valence-corrected chi connectivity index (χ3v) is 14.2. The van der Waals surface area contributed by atoms with Crippen LogP contribution < -0.4 is 21.3 Å². The minimum atomic E-state index is -1.13. The molecule has 0 amide bonds. The molecule has 0 aliphatic heterocycles. The number of imidazole rings is 4. The molecule has 26 nitrogen and oxygen atoms in total. The number of hydrogen-bond donors (Lipinski definition) is 7. The number of anilines is 4. The maximum absolute atomic E-state index is 11.4. The number of aliphatic hydroxyl groups excluding tert-OH is 3. The van der Waals surface area contributed by atoms with E-state index in [0.717, 1.165) is 49.2 Å². The molecule has 8 aromatic rings. The van der Waals surface area contributed by atoms with Crippen LogP contribution in [0.15, 0.2) is 43.9 Å². The molecule has 0 unspecified atom stereocenters. The van der Waals surface area contributed by atoms with Crippen LogP contribution >= 0.6 is 0 Å². The summed E-state index contributed by atoms with van der Waals surface area (Å²) in [7, 11) is 3.89. The molecule has 0 aromatic carbocycles. The Kier molecular flexibility index (Phi) is 12.7. The van der Waals surface area contributed by atoms with E-state index in [1.54, 1.807) is 36.3 Å². The normalized spacial score (nSPS) is 24.6. The van der Waals surface area contributed by atoms with Crippen LogP contribution in [0.4, 0.5) is 23.5 Å². The van der Waals surface area contributed by atoms with E-state index in [4.69, 9.17) is 29.9 Å². The second-order valence-electron chi connectivity index (χ2n) is 19.2. The maximum Gasteiger partial charge on any atom is 0.226 e. The standard InChI is InChI=1S/C45H61N23O3/c1-5-25-18-52-67(60-25)30-15-31(34(69)16-30)65-23-50-36-40(55-44(57-42(36)65)46-13-11-28-19-63(3)21-48-28)53-26-7-9-27(10-8-26)54-41-37-43(58-45(56-41)47-14-12-29-20-64(4)22-49-29)66(24-51-37)32-17-33(39(71)38(32)70)68-61-35(6-2)59-62-68/h18-24,26-27,30-34,38-39,69-71H,5-17H2,1-4H3,(H2,46,53,55,57)(H2,47,54,56,58)/t26?,27?,30-,31+,32+,33-,34+,38-,39+/m0/s1. The Labute approximate surface area is 407 Å². The monoisotopic (exact) mass is 972 g/mol. The number of fused-ring (bicyclic) bond motifs is 2. The molecular formula is C45H61N23O3. The number of rotatable bonds is 18. The summed E-state index contributed by atoms with van der Waals surface area (Å²) >= 11 is 0. The first-order valence-electron chi connectivity index (χ1n) is 24.7. The van der Waals surface area contributed by atoms with Gasteiger partial charge >= 0.3 is 0 Å². The van der Waals surface area contributed by atoms with Gasteiger partial charge in [0.05, 0.1) is 72.8 Å². The SMILES string of the molecule is CCc1cnn([C@@H]2C[C@@H](O)[C@H](n3cnc4c(NC5CCC(Nc6nc(NCCc7cn(C)cn7)nc7c6ncn7[C@@H]6C[C@H](n7nnc(CC)n7)[C@@H](O)[C@H]6O)CC5)nc(NCCc5cn(C)cn5)nc43)C2)n1. The van der Waals surface area contributed by atoms with Crippen LogP contribution in [0.1, 0.15) is 106 Å². The Morgan fingerprint density at radius 3 is 1.70 bits per heavy atom. The molecule has 7 atom stereocenters. The lowest BCUT2D eigenvalue weighted by Crippen LogP contribution is -2.33. The Morgan fingerprint density at radius 1 is 0.606 bits per heavy atom. The van der Waals surface area contributed by atoms with Gasteiger partial charge in [0.1, 0.15) is 18.2 Å². The number of aliphatic hydroxyl groups is 3. The third-order valence-electron chi connectivity index (χ3n) is 14.2. The molecule has 0 spiro atoms. The van der Waals surface area contributed by atoms with Gasteiger partial charge in [0, 0.05) is 70.9 Å². The molecule has 0 bridgehead atoms. The zero-order chi connectivity index (χ0) is 48.8. The van der Waals surface area contributed by atoms with Gasteiger partial charge in [-0.3, -0.25) is 0 Å². The molecule has 7 N–H and O–H groups in total. The second kappa shape index (κ2) is 19.5. The lowest BCUT2D eigenvalue weighted by Gasteiger charge is -2.30. The van der Waals surface area contributed by atoms with Crippen molar-refractivity contribution in [3.8, 4) is 0 Å². The van der Waals surface area contributed by atoms with Gasteiger partial charge in [0.25, 0.3) is 0 Å². The summed E-state index contributed by atoms with van der Waals surface area (Å²) in [6, 6.07) is -1.33. The van der Waals surface area contributed by atoms with Crippen molar-refractivity contribution >= 4 is 45.9 Å². The van der Waals surface area contributed by atoms with E-state index in [1.165, 1.54) is 4.80 Å². The number of hydrogen-bond acceptors (Lipinski definition) is 20. The lowest BCUT2D eigenvalue weighted by molar-refractivity contribution is 0.00473. The fourth-order valence-electron chi connectivity index (χ4n) is 10.4. The van der Waals surface area contributed by atoms with E-state index in [-0.39, 0.29) is 24.2 Å². The highest BCUT2D eigenvalue weighted by Crippen LogP contribution is 2.41. The molecule has 3 aliphatic rings. The Morgan fingerprint density at radius 2 is 1.18 bits per heavy atom. The van der Waals surface area contributed by atoms with E-state index < -0.39 is 30.4 Å². The molecule has 11 rings (SSSR count). The van der Waals surface area contributed by atoms with Crippen molar-refractivity contribution in [1.82, 2.24) is 93.3 Å². The number of tetrazole rings is 1. The zero-order valence-corrected chi connectivity index (χ0v) is 40.3. The van der Waals surface area contributed by atoms with Crippen LogP contribution in [-0.2, 0) is 39.8 Å². The van der Waals surface area contributed by atoms with Crippen LogP contribution in [0.2, 0.25) is 0 Å². The fraction of sp³-hybridized carbons (Fsp3) is 0.578. The van der Waals surface area contributed by atoms with Crippen molar-refractivity contribution in [3.63, 3.8) is 0 Å². The highest BCUT2D eigenvalue weighted by molar-refractivity contribution is 5.85. The van der Waals surface area contributed by atoms with Gasteiger partial charge in [-0.05, 0) is 56.6 Å². The van der Waals surface area contributed by atoms with Gasteiger partial charge < -0.3 is 54.9 Å². The van der Waals surface area contributed by atoms with Crippen molar-refractivity contribution < 1.29 is 15.3 Å². The molecular weight excluding hydrogens is 911 g/mol. The average molecular weight is 972 g/mol. The zero-order valence-electron chi connectivity index (χ0n) is 40.3. The van der Waals surface area contributed by atoms with E-state index in [9.17, 15) is 15.3 Å². The summed E-state index contributed by atoms with van der Waals surface area (Å²) in [4.78, 5) is 41.6. The third kappa shape index (κ3) is 9.45. The minimum Gasteiger partial charge on any atom is -0.391 e. The molecule has 3 saturated carbocycles. The van der Waals surface area contributed by atoms with Crippen molar-refractivity contribution in [1.29, 1.82) is 0 Å². The summed E-state index contributed by atoms with van der Waals surface area (Å²) < 4.78 is 7.66. The highest BCUT2D eigenvalue weighted by Gasteiger charge is 2.46. The maximum atomic E-state index is 11.4. The summed E-state index contributed by atoms with van der Waals surface area (Å²) in [5, 5.41) is 70.3. The first-order valence-corrected chi connectivity index (χ1v) is 24.7. The fourth-order valence-corrected chi connectivity index (χ4v) is 10.4. The van der Waals surface area contributed by atoms with Gasteiger partial charge in [-0.2, -0.15) is 39.7 Å². The molecule has 8 heterocycles. The van der Waals surface area contributed by atoms with Crippen LogP contribution in [0.5, 0.6) is 0 Å². The molecule has 3 fully saturated rings. The molecule has 26 heteroatoms. The van der Waals surface area contributed by atoms with E-state index in [1.807, 2.05) is 51.7 Å². The van der Waals surface area contributed by atoms with Gasteiger partial charge in [0.15, 0.2) is 39.8 Å². The largest absolute Gasteiger partial charge is 0.391 e. The van der Waals surface area contributed by atoms with E-state index in [0.29, 0.717) is 103 Å². The predicted octanol–water partition coefficient (Wildman–Crippen LogP) is 2.13. The predicted molar refractivity (Wildman–Crippen MR) is 259 cm³/mol. The minimum absolute atomic E-state index is 0.0545. The van der Waals surface area contributed by atoms with Crippen molar-refractivity contribution in [2.45, 2.75) is 139 Å². The first kappa shape index (κ1) is 46.2. The molecule has 374 valence electrons. The molecule has 3 aliphatic carbocycles. The van der Waals surface area contributed by atoms with Gasteiger partial charge in [-0.1, -0.05) is 13.8 Å². The Hall–Kier alpha value is -7.19. The summed E-state index contributed by atoms with van der Waals surface area (Å²) in [5.74, 6) is 2.65. The van der Waals surface area contributed by atoms with Gasteiger partial charge in [0.2, 0.25) is 11.9 Å². The number of nitrogens with zero attached hydrogens (tertiary/aromatic N) is 19. The smallest absolute Gasteiger partial charge is 0.226 e. The van der Waals surface area contributed by atoms with Crippen LogP contribution in [0.3, 0.4) is 0 Å². The van der Waals surface area contributed by atoms with Gasteiger partial charge in [-0.15, -0.1) is 10.2 Å². The molecule has 71 heavy (non-hydrogen) atoms. The molecule has 0 radical (unpaired) electrons. The molecule has 8 aromatic heterocycles. The topological polar surface area (TPSA) is 306 Å². The summed E-state index contributed by atoms with van der Waals surface area (Å²) in [6.07, 6.45) is 17.4. The Bertz CT molecular complexity index is 3090. The van der Waals surface area contributed by atoms with Crippen LogP contribution in [0.25, 0.3) is 22.3 Å². The van der Waals surface area contributed by atoms with Crippen molar-refractivity contribution in [3.05, 3.63) is 66.8 Å². The quantitative estimate of drug-likeness (QED) is 0.0648. The van der Waals surface area contributed by atoms with E-state index in [2.05, 4.69) is 63.8 Å². The van der Waals surface area contributed by atoms with Gasteiger partial charge in [-0.25, -0.2) is 19.9 Å². The van der Waals surface area contributed by atoms with E-state index >= 15 is 0 Å². The van der Waals surface area contributed by atoms with Crippen molar-refractivity contribution in [2.24, 2.45) is 14.1 Å².